The molecule has 1 saturated heterocycles. The molecule has 0 amide bonds. The summed E-state index contributed by atoms with van der Waals surface area (Å²) in [5.74, 6) is 0.764. The number of nitrogens with zero attached hydrogens (tertiary/aromatic N) is 1. The molecule has 0 aliphatic carbocycles. The molecule has 0 spiro atoms. The summed E-state index contributed by atoms with van der Waals surface area (Å²) in [5, 5.41) is 0. The molecule has 0 aromatic carbocycles. The largest absolute Gasteiger partial charge is 0.297 e. The summed E-state index contributed by atoms with van der Waals surface area (Å²) >= 11 is 3.77. The molecule has 3 unspecified atom stereocenters. The van der Waals surface area contributed by atoms with E-state index in [0.717, 1.165) is 12.0 Å². The first-order valence-corrected chi connectivity index (χ1v) is 6.35. The zero-order valence-electron chi connectivity index (χ0n) is 9.26. The second-order valence-corrected chi connectivity index (χ2v) is 5.80. The number of likely N-dealkylation sites (tertiary alicyclic amines) is 1. The normalized spacial score (nSPS) is 33.7. The van der Waals surface area contributed by atoms with Gasteiger partial charge in [0, 0.05) is 16.9 Å². The number of halogens is 1. The molecule has 0 aromatic rings. The number of alkyl halides is 1. The van der Waals surface area contributed by atoms with Crippen molar-refractivity contribution in [3.63, 3.8) is 0 Å². The molecular weight excluding hydrogens is 226 g/mol. The van der Waals surface area contributed by atoms with Gasteiger partial charge in [-0.2, -0.15) is 0 Å². The van der Waals surface area contributed by atoms with Gasteiger partial charge in [0.25, 0.3) is 0 Å². The molecule has 0 aromatic heterocycles. The van der Waals surface area contributed by atoms with Crippen molar-refractivity contribution < 1.29 is 0 Å². The van der Waals surface area contributed by atoms with Crippen molar-refractivity contribution in [1.29, 1.82) is 0 Å². The zero-order valence-corrected chi connectivity index (χ0v) is 10.8. The summed E-state index contributed by atoms with van der Waals surface area (Å²) < 4.78 is 0. The second-order valence-electron chi connectivity index (χ2n) is 4.62. The maximum atomic E-state index is 3.77. The van der Waals surface area contributed by atoms with Crippen LogP contribution in [0, 0.1) is 5.92 Å². The average molecular weight is 248 g/mol. The minimum absolute atomic E-state index is 0.697. The van der Waals surface area contributed by atoms with Crippen LogP contribution in [0.15, 0.2) is 0 Å². The predicted octanol–water partition coefficient (Wildman–Crippen LogP) is 3.28. The van der Waals surface area contributed by atoms with Crippen LogP contribution in [0.5, 0.6) is 0 Å². The number of hydrogen-bond donors (Lipinski definition) is 0. The highest BCUT2D eigenvalue weighted by atomic mass is 79.9. The van der Waals surface area contributed by atoms with E-state index in [2.05, 4.69) is 48.5 Å². The molecule has 0 N–H and O–H groups in total. The molecule has 1 heterocycles. The van der Waals surface area contributed by atoms with Crippen LogP contribution in [0.3, 0.4) is 0 Å². The third kappa shape index (κ3) is 2.69. The van der Waals surface area contributed by atoms with Crippen LogP contribution >= 0.6 is 15.9 Å². The molecule has 2 heteroatoms. The van der Waals surface area contributed by atoms with Gasteiger partial charge in [0.15, 0.2) is 0 Å². The van der Waals surface area contributed by atoms with Gasteiger partial charge >= 0.3 is 0 Å². The Kier molecular flexibility index (Phi) is 4.24. The topological polar surface area (TPSA) is 3.24 Å². The maximum absolute atomic E-state index is 3.77. The molecule has 1 nitrogen and oxygen atoms in total. The Balaban J connectivity index is 2.57. The highest BCUT2D eigenvalue weighted by Crippen LogP contribution is 2.27. The van der Waals surface area contributed by atoms with E-state index in [4.69, 9.17) is 0 Å². The van der Waals surface area contributed by atoms with Crippen molar-refractivity contribution in [2.75, 3.05) is 6.54 Å². The lowest BCUT2D eigenvalue weighted by atomic mass is 9.96. The molecule has 78 valence electrons. The van der Waals surface area contributed by atoms with Gasteiger partial charge in [-0.15, -0.1) is 0 Å². The van der Waals surface area contributed by atoms with Crippen LogP contribution in [0.4, 0.5) is 0 Å². The molecular formula is C11H22BrN. The summed E-state index contributed by atoms with van der Waals surface area (Å²) in [4.78, 5) is 3.34. The fourth-order valence-electron chi connectivity index (χ4n) is 2.08. The monoisotopic (exact) mass is 247 g/mol. The van der Waals surface area contributed by atoms with Gasteiger partial charge in [0.2, 0.25) is 0 Å². The first-order valence-electron chi connectivity index (χ1n) is 5.44. The fraction of sp³-hybridized carbons (Fsp3) is 1.00. The van der Waals surface area contributed by atoms with Gasteiger partial charge < -0.3 is 0 Å². The lowest BCUT2D eigenvalue weighted by Gasteiger charge is -2.42. The van der Waals surface area contributed by atoms with Crippen LogP contribution in [-0.4, -0.2) is 28.4 Å². The molecule has 13 heavy (non-hydrogen) atoms. The maximum Gasteiger partial charge on any atom is 0.0299 e. The van der Waals surface area contributed by atoms with E-state index in [0.29, 0.717) is 10.9 Å². The Morgan fingerprint density at radius 3 is 2.46 bits per heavy atom. The molecule has 1 aliphatic heterocycles. The molecule has 1 fully saturated rings. The molecule has 0 radical (unpaired) electrons. The number of hydrogen-bond acceptors (Lipinski definition) is 1. The standard InChI is InChI=1S/C11H22BrN/c1-8(2)9(3)13-7-5-6-11(12)10(13)4/h8-11H,5-7H2,1-4H3. The fourth-order valence-corrected chi connectivity index (χ4v) is 2.71. The van der Waals surface area contributed by atoms with E-state index < -0.39 is 0 Å². The predicted molar refractivity (Wildman–Crippen MR) is 62.4 cm³/mol. The van der Waals surface area contributed by atoms with E-state index in [1.165, 1.54) is 19.4 Å². The molecule has 1 aliphatic rings. The number of rotatable bonds is 2. The minimum Gasteiger partial charge on any atom is -0.297 e. The van der Waals surface area contributed by atoms with Gasteiger partial charge in [-0.1, -0.05) is 29.8 Å². The van der Waals surface area contributed by atoms with Crippen LogP contribution in [0.2, 0.25) is 0 Å². The molecule has 3 atom stereocenters. The van der Waals surface area contributed by atoms with Crippen molar-refractivity contribution in [2.45, 2.75) is 57.4 Å². The van der Waals surface area contributed by atoms with Crippen molar-refractivity contribution in [1.82, 2.24) is 4.90 Å². The Labute approximate surface area is 91.0 Å². The first-order chi connectivity index (χ1) is 6.04. The van der Waals surface area contributed by atoms with Gasteiger partial charge in [-0.05, 0) is 39.2 Å². The summed E-state index contributed by atoms with van der Waals surface area (Å²) in [6.07, 6.45) is 2.68. The number of piperidine rings is 1. The van der Waals surface area contributed by atoms with Gasteiger partial charge in [-0.3, -0.25) is 4.90 Å². The quantitative estimate of drug-likeness (QED) is 0.678. The average Bonchev–Trinajstić information content (AvgIpc) is 2.08. The Morgan fingerprint density at radius 2 is 1.92 bits per heavy atom. The smallest absolute Gasteiger partial charge is 0.0299 e. The van der Waals surface area contributed by atoms with Crippen LogP contribution in [-0.2, 0) is 0 Å². The van der Waals surface area contributed by atoms with Crippen molar-refractivity contribution in [2.24, 2.45) is 5.92 Å². The van der Waals surface area contributed by atoms with Crippen molar-refractivity contribution >= 4 is 15.9 Å². The van der Waals surface area contributed by atoms with E-state index in [1.807, 2.05) is 0 Å². The van der Waals surface area contributed by atoms with Crippen molar-refractivity contribution in [3.8, 4) is 0 Å². The highest BCUT2D eigenvalue weighted by molar-refractivity contribution is 9.09. The third-order valence-electron chi connectivity index (χ3n) is 3.43. The molecule has 0 bridgehead atoms. The zero-order chi connectivity index (χ0) is 10.0. The van der Waals surface area contributed by atoms with E-state index in [-0.39, 0.29) is 0 Å². The van der Waals surface area contributed by atoms with E-state index in [9.17, 15) is 0 Å². The van der Waals surface area contributed by atoms with Crippen molar-refractivity contribution in [3.05, 3.63) is 0 Å². The Morgan fingerprint density at radius 1 is 1.31 bits per heavy atom. The summed E-state index contributed by atoms with van der Waals surface area (Å²) in [7, 11) is 0. The summed E-state index contributed by atoms with van der Waals surface area (Å²) in [5.41, 5.74) is 0. The van der Waals surface area contributed by atoms with Crippen LogP contribution in [0.25, 0.3) is 0 Å². The Bertz CT molecular complexity index is 154. The van der Waals surface area contributed by atoms with Crippen LogP contribution < -0.4 is 0 Å². The highest BCUT2D eigenvalue weighted by Gasteiger charge is 2.29. The summed E-state index contributed by atoms with van der Waals surface area (Å²) in [6, 6.07) is 1.42. The Hall–Kier alpha value is 0.440. The molecule has 0 saturated carbocycles. The first kappa shape index (κ1) is 11.5. The minimum atomic E-state index is 0.697. The van der Waals surface area contributed by atoms with Gasteiger partial charge in [0.1, 0.15) is 0 Å². The van der Waals surface area contributed by atoms with E-state index in [1.54, 1.807) is 0 Å². The second kappa shape index (κ2) is 4.79. The van der Waals surface area contributed by atoms with Gasteiger partial charge in [0.05, 0.1) is 0 Å². The molecule has 1 rings (SSSR count). The van der Waals surface area contributed by atoms with E-state index >= 15 is 0 Å². The lowest BCUT2D eigenvalue weighted by Crippen LogP contribution is -2.50. The van der Waals surface area contributed by atoms with Crippen LogP contribution in [0.1, 0.15) is 40.5 Å². The van der Waals surface area contributed by atoms with Gasteiger partial charge in [-0.25, -0.2) is 0 Å². The third-order valence-corrected chi connectivity index (χ3v) is 4.65. The SMILES string of the molecule is CC(C)C(C)N1CCCC(Br)C1C. The lowest BCUT2D eigenvalue weighted by molar-refractivity contribution is 0.0944. The summed E-state index contributed by atoms with van der Waals surface area (Å²) in [6.45, 7) is 10.6.